The molecule has 0 aromatic heterocycles. The maximum Gasteiger partial charge on any atom is 0.216 e. The molecule has 0 radical (unpaired) electrons. The molecule has 572 valence electrons. The summed E-state index contributed by atoms with van der Waals surface area (Å²) < 4.78 is 33.4. The molecule has 3 aliphatic rings. The highest BCUT2D eigenvalue weighted by Crippen LogP contribution is 2.47. The third-order valence-electron chi connectivity index (χ3n) is 12.9. The van der Waals surface area contributed by atoms with Crippen LogP contribution < -0.4 is 46.6 Å². The maximum absolute atomic E-state index is 11.8. The topological polar surface area (TPSA) is 205 Å². The van der Waals surface area contributed by atoms with Crippen molar-refractivity contribution in [1.29, 1.82) is 0 Å². The molecule has 17 nitrogen and oxygen atoms in total. The lowest BCUT2D eigenvalue weighted by Gasteiger charge is -2.24. The van der Waals surface area contributed by atoms with E-state index in [1.165, 1.54) is 0 Å². The van der Waals surface area contributed by atoms with Crippen LogP contribution in [0.1, 0.15) is 194 Å². The highest BCUT2D eigenvalue weighted by atomic mass is 32.2. The lowest BCUT2D eigenvalue weighted by Crippen LogP contribution is -2.19. The summed E-state index contributed by atoms with van der Waals surface area (Å²) in [5.41, 5.74) is 4.33. The molecule has 3 aliphatic heterocycles. The molecule has 3 saturated heterocycles. The van der Waals surface area contributed by atoms with Gasteiger partial charge in [-0.3, -0.25) is 9.59 Å². The van der Waals surface area contributed by atoms with Crippen molar-refractivity contribution < 1.29 is 51.8 Å². The second-order valence-corrected chi connectivity index (χ2v) is 23.3. The Morgan fingerprint density at radius 2 is 0.574 bits per heavy atom. The second kappa shape index (κ2) is 67.4. The summed E-state index contributed by atoms with van der Waals surface area (Å²) in [5, 5.41) is -0.663. The number of hydrogen-bond donors (Lipinski definition) is 6. The fourth-order valence-electron chi connectivity index (χ4n) is 8.19. The van der Waals surface area contributed by atoms with Crippen molar-refractivity contribution in [1.82, 2.24) is 0 Å². The van der Waals surface area contributed by atoms with Crippen LogP contribution in [0.25, 0.3) is 0 Å². The molecule has 24 heteroatoms. The first-order chi connectivity index (χ1) is 44.2. The molecule has 101 heavy (non-hydrogen) atoms. The third kappa shape index (κ3) is 41.4. The van der Waals surface area contributed by atoms with Crippen LogP contribution in [0.5, 0.6) is 34.5 Å². The Hall–Kier alpha value is -5.75. The fraction of sp³-hybridized carbons (Fsp3) is 0.390. The molecule has 0 bridgehead atoms. The Morgan fingerprint density at radius 1 is 0.366 bits per heavy atom. The van der Waals surface area contributed by atoms with Crippen molar-refractivity contribution in [3.05, 3.63) is 193 Å². The smallest absolute Gasteiger partial charge is 0.216 e. The van der Waals surface area contributed by atoms with E-state index in [1.807, 2.05) is 207 Å². The van der Waals surface area contributed by atoms with Gasteiger partial charge >= 0.3 is 0 Å². The first kappa shape index (κ1) is 111. The van der Waals surface area contributed by atoms with E-state index in [-0.39, 0.29) is 84.5 Å². The van der Waals surface area contributed by atoms with Crippen molar-refractivity contribution in [3.63, 3.8) is 0 Å². The van der Waals surface area contributed by atoms with Gasteiger partial charge in [0.1, 0.15) is 17.2 Å². The molecule has 6 aromatic carbocycles. The van der Waals surface area contributed by atoms with Crippen LogP contribution >= 0.6 is 86.2 Å². The minimum absolute atomic E-state index is 0. The highest BCUT2D eigenvalue weighted by Gasteiger charge is 2.27. The summed E-state index contributed by atoms with van der Waals surface area (Å²) in [6, 6.07) is 39.2. The molecule has 3 heterocycles. The van der Waals surface area contributed by atoms with Gasteiger partial charge in [-0.1, -0.05) is 190 Å². The second-order valence-electron chi connectivity index (χ2n) is 19.1. The highest BCUT2D eigenvalue weighted by molar-refractivity contribution is 8.11. The molecule has 3 fully saturated rings. The Morgan fingerprint density at radius 3 is 0.762 bits per heavy atom. The van der Waals surface area contributed by atoms with Gasteiger partial charge in [-0.25, -0.2) is 0 Å². The third-order valence-corrected chi connectivity index (χ3v) is 15.8. The summed E-state index contributed by atoms with van der Waals surface area (Å²) in [4.78, 5) is 44.8. The van der Waals surface area contributed by atoms with Crippen molar-refractivity contribution in [2.75, 3.05) is 54.0 Å². The van der Waals surface area contributed by atoms with Crippen LogP contribution in [0.2, 0.25) is 0 Å². The summed E-state index contributed by atoms with van der Waals surface area (Å²) in [5.74, 6) is 18.9. The SMILES string of the molecule is C.C.C.C.C.C.C.C.C.C.CC=CC.CC=CC.CC=CC.CC=CC.NOOSc1cc(C(=O)S)cc(N2CCCC2)c1Oc1ccccc1.NOOSc1cc(C(=O)S)cc(N2CCCC2)c1Oc1ccccc1.NOOSc1cc(C(=S)S)cc(N2CCCC2)c1Oc1ccccc1. The Balaban J connectivity index is -0.000000184. The Labute approximate surface area is 646 Å². The van der Waals surface area contributed by atoms with Gasteiger partial charge in [0.25, 0.3) is 0 Å². The summed E-state index contributed by atoms with van der Waals surface area (Å²) >= 11 is 20.2. The number of benzene rings is 6. The zero-order valence-corrected chi connectivity index (χ0v) is 58.7. The number of nitrogens with two attached hydrogens (primary N) is 3. The van der Waals surface area contributed by atoms with E-state index in [0.717, 1.165) is 142 Å². The number of ether oxygens (including phenoxy) is 3. The number of anilines is 3. The average molecular weight is 1540 g/mol. The van der Waals surface area contributed by atoms with E-state index >= 15 is 0 Å². The summed E-state index contributed by atoms with van der Waals surface area (Å²) in [6.45, 7) is 21.5. The number of allylic oxidation sites excluding steroid dienone is 8. The molecule has 6 N–H and O–H groups in total. The molecule has 0 amide bonds. The number of para-hydroxylation sites is 3. The van der Waals surface area contributed by atoms with Crippen LogP contribution in [-0.4, -0.2) is 53.7 Å². The molecule has 0 spiro atoms. The Bertz CT molecular complexity index is 2820. The predicted octanol–water partition coefficient (Wildman–Crippen LogP) is 25.2. The minimum Gasteiger partial charge on any atom is -0.454 e. The summed E-state index contributed by atoms with van der Waals surface area (Å²) in [6.07, 6.45) is 22.7. The molecular formula is C77H126N6O11S7. The number of thiocarbonyl (C=S) groups is 1. The number of thiol groups is 3. The lowest BCUT2D eigenvalue weighted by molar-refractivity contribution is -0.195. The van der Waals surface area contributed by atoms with E-state index < -0.39 is 0 Å². The van der Waals surface area contributed by atoms with Gasteiger partial charge in [0.2, 0.25) is 10.2 Å². The van der Waals surface area contributed by atoms with Crippen LogP contribution in [0, 0.1) is 0 Å². The van der Waals surface area contributed by atoms with Gasteiger partial charge in [0, 0.05) is 56.0 Å². The normalized spacial score (nSPS) is 11.8. The Kier molecular flexibility index (Phi) is 74.2. The monoisotopic (exact) mass is 1530 g/mol. The van der Waals surface area contributed by atoms with Gasteiger partial charge in [-0.15, -0.1) is 65.9 Å². The van der Waals surface area contributed by atoms with E-state index in [9.17, 15) is 9.59 Å². The van der Waals surface area contributed by atoms with Crippen LogP contribution in [0.4, 0.5) is 17.1 Å². The quantitative estimate of drug-likeness (QED) is 0.00990. The maximum atomic E-state index is 11.8. The van der Waals surface area contributed by atoms with Crippen molar-refractivity contribution in [2.24, 2.45) is 17.7 Å². The van der Waals surface area contributed by atoms with E-state index in [2.05, 4.69) is 67.6 Å². The minimum atomic E-state index is -0.331. The predicted molar refractivity (Wildman–Crippen MR) is 456 cm³/mol. The first-order valence-corrected chi connectivity index (χ1v) is 33.3. The number of carbonyl (C=O) groups is 2. The first-order valence-electron chi connectivity index (χ1n) is 29.3. The average Bonchev–Trinajstić information content (AvgIpc) is 1.77. The van der Waals surface area contributed by atoms with E-state index in [4.69, 9.17) is 57.1 Å². The van der Waals surface area contributed by atoms with Gasteiger partial charge in [-0.2, -0.15) is 17.7 Å². The van der Waals surface area contributed by atoms with Gasteiger partial charge < -0.3 is 28.9 Å². The lowest BCUT2D eigenvalue weighted by atomic mass is 10.1. The van der Waals surface area contributed by atoms with Crippen molar-refractivity contribution in [2.45, 2.75) is 183 Å². The standard InChI is InChI=1S/2C17H18N2O4S2.C17H18N2O3S3.4C4H8.10CH4/c2*18-22-23-25-15-11-12(17(20)24)10-14(19-8-4-5-9-19)16(15)21-13-6-2-1-3-7-13;18-21-22-25-15-11-12(17(23)24)10-14(19-8-4-5-9-19)16(15)20-13-6-2-1-3-7-13;4*1-3-4-2;;;;;;;;;;/h2*1-3,6-7,10-11H,4-5,8-9,18H2,(H,20,24);1-3,6-7,10-11H,4-5,8-9,18H2,(H,23,24);4*3-4H,1-2H3;10*1H4. The molecule has 0 atom stereocenters. The molecular weight excluding hydrogens is 1410 g/mol. The van der Waals surface area contributed by atoms with Crippen molar-refractivity contribution >= 4 is 118 Å². The van der Waals surface area contributed by atoms with Gasteiger partial charge in [-0.05, 0) is 167 Å². The van der Waals surface area contributed by atoms with Crippen LogP contribution in [-0.2, 0) is 28.0 Å². The number of nitrogens with zero attached hydrogens (tertiary/aromatic N) is 3. The molecule has 0 aliphatic carbocycles. The zero-order chi connectivity index (χ0) is 66.6. The van der Waals surface area contributed by atoms with Gasteiger partial charge in [0.05, 0.1) is 72.1 Å². The number of hydrogen-bond acceptors (Lipinski definition) is 21. The number of rotatable bonds is 21. The van der Waals surface area contributed by atoms with Crippen molar-refractivity contribution in [3.8, 4) is 34.5 Å². The van der Waals surface area contributed by atoms with Crippen LogP contribution in [0.15, 0.2) is 191 Å². The van der Waals surface area contributed by atoms with E-state index in [1.54, 1.807) is 24.3 Å². The summed E-state index contributed by atoms with van der Waals surface area (Å²) in [7, 11) is 0. The molecule has 0 saturated carbocycles. The largest absolute Gasteiger partial charge is 0.454 e. The molecule has 9 rings (SSSR count). The molecule has 0 unspecified atom stereocenters. The zero-order valence-electron chi connectivity index (χ0n) is 52.8. The van der Waals surface area contributed by atoms with E-state index in [0.29, 0.717) is 58.8 Å². The molecule has 6 aromatic rings. The number of carbonyl (C=O) groups excluding carboxylic acids is 2. The van der Waals surface area contributed by atoms with Gasteiger partial charge in [0.15, 0.2) is 17.2 Å². The van der Waals surface area contributed by atoms with Crippen LogP contribution in [0.3, 0.4) is 0 Å². The fourth-order valence-corrected chi connectivity index (χ4v) is 10.2.